The van der Waals surface area contributed by atoms with Gasteiger partial charge in [-0.25, -0.2) is 0 Å². The Hall–Kier alpha value is -1.22. The van der Waals surface area contributed by atoms with Crippen LogP contribution in [0, 0.1) is 6.92 Å². The molecule has 0 fully saturated rings. The third-order valence-electron chi connectivity index (χ3n) is 3.27. The van der Waals surface area contributed by atoms with Crippen molar-refractivity contribution >= 4 is 13.3 Å². The van der Waals surface area contributed by atoms with Crippen molar-refractivity contribution in [1.29, 1.82) is 0 Å². The Labute approximate surface area is 124 Å². The number of hydrogen-bond acceptors (Lipinski definition) is 2. The second kappa shape index (κ2) is 5.16. The molecule has 0 saturated carbocycles. The van der Waals surface area contributed by atoms with Crippen LogP contribution in [0.5, 0.6) is 5.75 Å². The summed E-state index contributed by atoms with van der Waals surface area (Å²) in [5.74, 6) is -1.15. The molecule has 0 bridgehead atoms. The zero-order valence-electron chi connectivity index (χ0n) is 12.3. The van der Waals surface area contributed by atoms with Crippen molar-refractivity contribution in [3.63, 3.8) is 0 Å². The minimum Gasteiger partial charge on any atom is -0.508 e. The van der Waals surface area contributed by atoms with Crippen molar-refractivity contribution in [2.45, 2.75) is 44.5 Å². The highest BCUT2D eigenvalue weighted by Crippen LogP contribution is 2.52. The molecular formula is C13H16F6O2Si. The van der Waals surface area contributed by atoms with Gasteiger partial charge in [-0.2, -0.15) is 26.3 Å². The molecular weight excluding hydrogens is 330 g/mol. The zero-order chi connectivity index (χ0) is 17.7. The monoisotopic (exact) mass is 346 g/mol. The largest absolute Gasteiger partial charge is 0.508 e. The van der Waals surface area contributed by atoms with Crippen molar-refractivity contribution in [1.82, 2.24) is 0 Å². The molecule has 9 heteroatoms. The van der Waals surface area contributed by atoms with E-state index in [1.54, 1.807) is 19.6 Å². The topological polar surface area (TPSA) is 40.5 Å². The van der Waals surface area contributed by atoms with Gasteiger partial charge in [-0.15, -0.1) is 0 Å². The van der Waals surface area contributed by atoms with Gasteiger partial charge in [-0.3, -0.25) is 0 Å². The lowest BCUT2D eigenvalue weighted by Crippen LogP contribution is -2.54. The molecule has 22 heavy (non-hydrogen) atoms. The van der Waals surface area contributed by atoms with E-state index in [-0.39, 0.29) is 10.8 Å². The number of rotatable bonds is 2. The van der Waals surface area contributed by atoms with Crippen LogP contribution in [-0.2, 0) is 5.60 Å². The van der Waals surface area contributed by atoms with Crippen LogP contribution in [0.15, 0.2) is 12.1 Å². The van der Waals surface area contributed by atoms with Gasteiger partial charge in [-0.05, 0) is 18.2 Å². The first-order valence-corrected chi connectivity index (χ1v) is 9.74. The Bertz CT molecular complexity index is 558. The zero-order valence-corrected chi connectivity index (χ0v) is 13.3. The lowest BCUT2D eigenvalue weighted by molar-refractivity contribution is -0.376. The first-order chi connectivity index (χ1) is 9.53. The van der Waals surface area contributed by atoms with E-state index in [1.807, 2.05) is 0 Å². The van der Waals surface area contributed by atoms with Crippen LogP contribution in [0.3, 0.4) is 0 Å². The van der Waals surface area contributed by atoms with E-state index < -0.39 is 37.3 Å². The number of hydrogen-bond donors (Lipinski definition) is 2. The summed E-state index contributed by atoms with van der Waals surface area (Å²) in [6, 6.07) is 1.86. The molecule has 0 spiro atoms. The van der Waals surface area contributed by atoms with Gasteiger partial charge in [0.2, 0.25) is 0 Å². The van der Waals surface area contributed by atoms with E-state index in [0.29, 0.717) is 6.07 Å². The van der Waals surface area contributed by atoms with Crippen LogP contribution in [-0.4, -0.2) is 30.6 Å². The summed E-state index contributed by atoms with van der Waals surface area (Å²) in [5, 5.41) is 19.5. The van der Waals surface area contributed by atoms with E-state index in [2.05, 4.69) is 0 Å². The summed E-state index contributed by atoms with van der Waals surface area (Å²) in [6.45, 7) is 6.28. The minimum absolute atomic E-state index is 0.0226. The maximum absolute atomic E-state index is 13.0. The summed E-state index contributed by atoms with van der Waals surface area (Å²) < 4.78 is 77.7. The van der Waals surface area contributed by atoms with E-state index in [9.17, 15) is 36.6 Å². The highest BCUT2D eigenvalue weighted by Gasteiger charge is 2.72. The number of aliphatic hydroxyl groups is 1. The molecule has 0 radical (unpaired) electrons. The Morgan fingerprint density at radius 2 is 1.32 bits per heavy atom. The highest BCUT2D eigenvalue weighted by atomic mass is 28.3. The molecule has 0 aliphatic heterocycles. The first-order valence-electron chi connectivity index (χ1n) is 6.24. The lowest BCUT2D eigenvalue weighted by atomic mass is 9.90. The third kappa shape index (κ3) is 2.96. The fourth-order valence-corrected chi connectivity index (χ4v) is 3.60. The summed E-state index contributed by atoms with van der Waals surface area (Å²) in [5.41, 5.74) is -6.60. The van der Waals surface area contributed by atoms with Gasteiger partial charge in [-0.1, -0.05) is 31.3 Å². The Morgan fingerprint density at radius 3 is 1.64 bits per heavy atom. The van der Waals surface area contributed by atoms with Gasteiger partial charge >= 0.3 is 12.4 Å². The molecule has 0 aromatic heterocycles. The van der Waals surface area contributed by atoms with Gasteiger partial charge in [0.15, 0.2) is 0 Å². The molecule has 0 saturated heterocycles. The first kappa shape index (κ1) is 18.8. The van der Waals surface area contributed by atoms with Crippen LogP contribution in [0.25, 0.3) is 0 Å². The van der Waals surface area contributed by atoms with E-state index in [0.717, 1.165) is 0 Å². The molecule has 1 rings (SSSR count). The molecule has 2 nitrogen and oxygen atoms in total. The molecule has 126 valence electrons. The number of phenolic OH excluding ortho intramolecular Hbond substituents is 1. The van der Waals surface area contributed by atoms with Crippen molar-refractivity contribution < 1.29 is 36.6 Å². The summed E-state index contributed by atoms with van der Waals surface area (Å²) in [6.07, 6.45) is -12.0. The van der Waals surface area contributed by atoms with Gasteiger partial charge < -0.3 is 10.2 Å². The Morgan fingerprint density at radius 1 is 0.909 bits per heavy atom. The molecule has 0 amide bonds. The molecule has 0 heterocycles. The highest BCUT2D eigenvalue weighted by molar-refractivity contribution is 6.89. The van der Waals surface area contributed by atoms with Crippen LogP contribution >= 0.6 is 0 Å². The third-order valence-corrected chi connectivity index (χ3v) is 5.27. The van der Waals surface area contributed by atoms with Gasteiger partial charge in [0.05, 0.1) is 8.07 Å². The molecule has 1 aromatic rings. The molecule has 1 aromatic carbocycles. The van der Waals surface area contributed by atoms with Crippen molar-refractivity contribution in [2.75, 3.05) is 0 Å². The van der Waals surface area contributed by atoms with Crippen molar-refractivity contribution in [3.8, 4) is 5.75 Å². The standard InChI is InChI=1S/C13H16F6O2Si/c1-7-5-8(10(20)9(6-7)22(2,3)4)11(21,12(14,15)16)13(17,18)19/h5-6,20-21H,1-4H3. The van der Waals surface area contributed by atoms with Crippen LogP contribution < -0.4 is 5.19 Å². The van der Waals surface area contributed by atoms with Crippen LogP contribution in [0.4, 0.5) is 26.3 Å². The Balaban J connectivity index is 3.84. The van der Waals surface area contributed by atoms with Gasteiger partial charge in [0, 0.05) is 5.56 Å². The Kier molecular flexibility index (Phi) is 4.41. The van der Waals surface area contributed by atoms with E-state index in [4.69, 9.17) is 0 Å². The number of halogens is 6. The predicted octanol–water partition coefficient (Wildman–Crippen LogP) is 3.56. The summed E-state index contributed by atoms with van der Waals surface area (Å²) >= 11 is 0. The van der Waals surface area contributed by atoms with E-state index >= 15 is 0 Å². The SMILES string of the molecule is Cc1cc(C(O)(C(F)(F)F)C(F)(F)F)c(O)c([Si](C)(C)C)c1. The molecule has 2 N–H and O–H groups in total. The number of phenols is 1. The lowest BCUT2D eigenvalue weighted by Gasteiger charge is -2.34. The summed E-state index contributed by atoms with van der Waals surface area (Å²) in [4.78, 5) is 0. The second-order valence-electron chi connectivity index (χ2n) is 6.16. The van der Waals surface area contributed by atoms with Crippen LogP contribution in [0.1, 0.15) is 11.1 Å². The minimum atomic E-state index is -6.02. The number of aromatic hydroxyl groups is 1. The van der Waals surface area contributed by atoms with E-state index in [1.165, 1.54) is 13.0 Å². The van der Waals surface area contributed by atoms with Crippen molar-refractivity contribution in [2.24, 2.45) is 0 Å². The fraction of sp³-hybridized carbons (Fsp3) is 0.538. The molecule has 0 aliphatic rings. The molecule has 0 atom stereocenters. The normalized spacial score (nSPS) is 14.3. The second-order valence-corrected chi connectivity index (χ2v) is 11.2. The maximum Gasteiger partial charge on any atom is 0.430 e. The summed E-state index contributed by atoms with van der Waals surface area (Å²) in [7, 11) is -2.43. The average Bonchev–Trinajstić information content (AvgIpc) is 2.26. The van der Waals surface area contributed by atoms with Gasteiger partial charge in [0.25, 0.3) is 5.60 Å². The number of aryl methyl sites for hydroxylation is 1. The average molecular weight is 346 g/mol. The van der Waals surface area contributed by atoms with Crippen molar-refractivity contribution in [3.05, 3.63) is 23.3 Å². The molecule has 0 aliphatic carbocycles. The van der Waals surface area contributed by atoms with Crippen LogP contribution in [0.2, 0.25) is 19.6 Å². The smallest absolute Gasteiger partial charge is 0.430 e. The fourth-order valence-electron chi connectivity index (χ4n) is 2.09. The molecule has 0 unspecified atom stereocenters. The number of benzene rings is 1. The maximum atomic E-state index is 13.0. The van der Waals surface area contributed by atoms with Gasteiger partial charge in [0.1, 0.15) is 5.75 Å². The quantitative estimate of drug-likeness (QED) is 0.635. The predicted molar refractivity (Wildman–Crippen MR) is 71.8 cm³/mol. The number of alkyl halides is 6.